The Morgan fingerprint density at radius 1 is 1.35 bits per heavy atom. The van der Waals surface area contributed by atoms with Gasteiger partial charge in [0.05, 0.1) is 19.1 Å². The van der Waals surface area contributed by atoms with Crippen molar-refractivity contribution < 1.29 is 9.59 Å². The third kappa shape index (κ3) is 4.86. The Balaban J connectivity index is 3.09. The number of amides is 2. The molecule has 1 aromatic rings. The second kappa shape index (κ2) is 7.72. The first-order valence-corrected chi connectivity index (χ1v) is 7.82. The minimum atomic E-state index is -0.518. The molecule has 0 fully saturated rings. The number of hydrogen-bond acceptors (Lipinski definition) is 5. The molecule has 0 spiro atoms. The molecular weight excluding hydrogens is 344 g/mol. The van der Waals surface area contributed by atoms with Crippen LogP contribution in [0, 0.1) is 0 Å². The Kier molecular flexibility index (Phi) is 6.60. The minimum absolute atomic E-state index is 0.0587. The number of nitrogens with two attached hydrogens (primary N) is 3. The molecule has 0 aliphatic carbocycles. The fraction of sp³-hybridized carbons (Fsp3) is 0.500. The molecule has 0 saturated carbocycles. The first-order valence-electron chi connectivity index (χ1n) is 6.15. The van der Waals surface area contributed by atoms with Crippen molar-refractivity contribution in [2.75, 3.05) is 13.1 Å². The maximum atomic E-state index is 11.2. The first-order chi connectivity index (χ1) is 9.35. The zero-order valence-electron chi connectivity index (χ0n) is 11.2. The molecule has 6 nitrogen and oxygen atoms in total. The van der Waals surface area contributed by atoms with Crippen molar-refractivity contribution in [3.63, 3.8) is 0 Å². The number of rotatable bonds is 8. The maximum Gasteiger partial charge on any atom is 0.231 e. The average molecular weight is 363 g/mol. The molecular formula is C12H19BrN4O2S. The monoisotopic (exact) mass is 362 g/mol. The van der Waals surface area contributed by atoms with Gasteiger partial charge in [-0.1, -0.05) is 6.92 Å². The van der Waals surface area contributed by atoms with Gasteiger partial charge >= 0.3 is 0 Å². The zero-order chi connectivity index (χ0) is 15.3. The summed E-state index contributed by atoms with van der Waals surface area (Å²) in [5.74, 6) is -1.04. The Labute approximate surface area is 130 Å². The van der Waals surface area contributed by atoms with Crippen LogP contribution in [0.3, 0.4) is 0 Å². The van der Waals surface area contributed by atoms with Gasteiger partial charge < -0.3 is 17.2 Å². The van der Waals surface area contributed by atoms with Crippen molar-refractivity contribution in [3.8, 4) is 0 Å². The molecule has 0 saturated heterocycles. The number of nitrogens with zero attached hydrogens (tertiary/aromatic N) is 1. The Bertz CT molecular complexity index is 464. The quantitative estimate of drug-likeness (QED) is 0.626. The lowest BCUT2D eigenvalue weighted by Gasteiger charge is -2.33. The van der Waals surface area contributed by atoms with Crippen molar-refractivity contribution in [3.05, 3.63) is 20.8 Å². The standard InChI is InChI=1S/C12H19BrN4O2S/c1-2-8(14)12(9-3-7(13)6-20-9)17(4-10(15)18)5-11(16)19/h3,6,8,12H,2,4-5,14H2,1H3,(H2,15,18)(H2,16,19). The molecule has 0 aliphatic rings. The predicted octanol–water partition coefficient (Wildman–Crippen LogP) is 0.562. The van der Waals surface area contributed by atoms with Crippen LogP contribution in [0.2, 0.25) is 0 Å². The van der Waals surface area contributed by atoms with Crippen LogP contribution < -0.4 is 17.2 Å². The lowest BCUT2D eigenvalue weighted by Crippen LogP contribution is -2.47. The van der Waals surface area contributed by atoms with Gasteiger partial charge in [-0.15, -0.1) is 11.3 Å². The van der Waals surface area contributed by atoms with E-state index in [4.69, 9.17) is 17.2 Å². The number of carbonyl (C=O) groups is 2. The van der Waals surface area contributed by atoms with Crippen LogP contribution in [0.5, 0.6) is 0 Å². The second-order valence-corrected chi connectivity index (χ2v) is 6.38. The molecule has 0 aromatic carbocycles. The molecule has 1 rings (SSSR count). The highest BCUT2D eigenvalue weighted by molar-refractivity contribution is 9.10. The van der Waals surface area contributed by atoms with Crippen LogP contribution in [0.1, 0.15) is 24.3 Å². The van der Waals surface area contributed by atoms with Crippen LogP contribution in [-0.2, 0) is 9.59 Å². The van der Waals surface area contributed by atoms with Gasteiger partial charge in [-0.25, -0.2) is 0 Å². The van der Waals surface area contributed by atoms with Crippen molar-refractivity contribution in [2.24, 2.45) is 17.2 Å². The third-order valence-corrected chi connectivity index (χ3v) is 4.63. The molecule has 20 heavy (non-hydrogen) atoms. The van der Waals surface area contributed by atoms with Gasteiger partial charge in [-0.2, -0.15) is 0 Å². The molecule has 112 valence electrons. The lowest BCUT2D eigenvalue weighted by atomic mass is 10.0. The van der Waals surface area contributed by atoms with E-state index in [-0.39, 0.29) is 25.2 Å². The molecule has 1 aromatic heterocycles. The molecule has 2 atom stereocenters. The van der Waals surface area contributed by atoms with Gasteiger partial charge in [0, 0.05) is 20.8 Å². The number of thiophene rings is 1. The summed E-state index contributed by atoms with van der Waals surface area (Å²) in [7, 11) is 0. The van der Waals surface area contributed by atoms with E-state index in [9.17, 15) is 9.59 Å². The van der Waals surface area contributed by atoms with Gasteiger partial charge in [0.15, 0.2) is 0 Å². The van der Waals surface area contributed by atoms with Crippen LogP contribution in [0.25, 0.3) is 0 Å². The Morgan fingerprint density at radius 2 is 1.90 bits per heavy atom. The molecule has 8 heteroatoms. The smallest absolute Gasteiger partial charge is 0.231 e. The van der Waals surface area contributed by atoms with E-state index in [1.807, 2.05) is 18.4 Å². The van der Waals surface area contributed by atoms with Gasteiger partial charge in [0.25, 0.3) is 0 Å². The fourth-order valence-corrected chi connectivity index (χ4v) is 3.67. The van der Waals surface area contributed by atoms with E-state index < -0.39 is 11.8 Å². The number of primary amides is 2. The normalized spacial score (nSPS) is 14.2. The van der Waals surface area contributed by atoms with E-state index in [0.29, 0.717) is 6.42 Å². The summed E-state index contributed by atoms with van der Waals surface area (Å²) in [6.45, 7) is 1.83. The summed E-state index contributed by atoms with van der Waals surface area (Å²) < 4.78 is 0.934. The highest BCUT2D eigenvalue weighted by atomic mass is 79.9. The Morgan fingerprint density at radius 3 is 2.25 bits per heavy atom. The van der Waals surface area contributed by atoms with Crippen LogP contribution in [0.4, 0.5) is 0 Å². The average Bonchev–Trinajstić information content (AvgIpc) is 2.74. The maximum absolute atomic E-state index is 11.2. The largest absolute Gasteiger partial charge is 0.369 e. The van der Waals surface area contributed by atoms with Crippen LogP contribution >= 0.6 is 27.3 Å². The summed E-state index contributed by atoms with van der Waals surface area (Å²) in [5.41, 5.74) is 16.7. The van der Waals surface area contributed by atoms with E-state index in [1.54, 1.807) is 4.90 Å². The van der Waals surface area contributed by atoms with E-state index in [0.717, 1.165) is 9.35 Å². The van der Waals surface area contributed by atoms with Gasteiger partial charge in [0.1, 0.15) is 0 Å². The molecule has 1 heterocycles. The summed E-state index contributed by atoms with van der Waals surface area (Å²) in [4.78, 5) is 25.1. The zero-order valence-corrected chi connectivity index (χ0v) is 13.6. The van der Waals surface area contributed by atoms with Crippen molar-refractivity contribution >= 4 is 39.1 Å². The molecule has 0 radical (unpaired) electrons. The van der Waals surface area contributed by atoms with Crippen LogP contribution in [-0.4, -0.2) is 35.8 Å². The fourth-order valence-electron chi connectivity index (χ4n) is 2.02. The molecule has 6 N–H and O–H groups in total. The summed E-state index contributed by atoms with van der Waals surface area (Å²) >= 11 is 4.90. The molecule has 2 unspecified atom stereocenters. The van der Waals surface area contributed by atoms with E-state index in [1.165, 1.54) is 11.3 Å². The lowest BCUT2D eigenvalue weighted by molar-refractivity contribution is -0.123. The topological polar surface area (TPSA) is 115 Å². The first kappa shape index (κ1) is 17.1. The molecule has 2 amide bonds. The minimum Gasteiger partial charge on any atom is -0.369 e. The van der Waals surface area contributed by atoms with Gasteiger partial charge in [-0.05, 0) is 28.4 Å². The number of hydrogen-bond donors (Lipinski definition) is 3. The molecule has 0 aliphatic heterocycles. The summed E-state index contributed by atoms with van der Waals surface area (Å²) in [6, 6.07) is 1.44. The highest BCUT2D eigenvalue weighted by Gasteiger charge is 2.29. The summed E-state index contributed by atoms with van der Waals surface area (Å²) in [5, 5.41) is 1.93. The second-order valence-electron chi connectivity index (χ2n) is 4.52. The van der Waals surface area contributed by atoms with Crippen molar-refractivity contribution in [1.82, 2.24) is 4.90 Å². The van der Waals surface area contributed by atoms with E-state index >= 15 is 0 Å². The predicted molar refractivity (Wildman–Crippen MR) is 83.0 cm³/mol. The SMILES string of the molecule is CCC(N)C(c1cc(Br)cs1)N(CC(N)=O)CC(N)=O. The third-order valence-electron chi connectivity index (χ3n) is 2.87. The number of carbonyl (C=O) groups excluding carboxylic acids is 2. The summed E-state index contributed by atoms with van der Waals surface area (Å²) in [6.07, 6.45) is 0.703. The van der Waals surface area contributed by atoms with E-state index in [2.05, 4.69) is 15.9 Å². The van der Waals surface area contributed by atoms with Gasteiger partial charge in [0.2, 0.25) is 11.8 Å². The molecule has 0 bridgehead atoms. The highest BCUT2D eigenvalue weighted by Crippen LogP contribution is 2.32. The van der Waals surface area contributed by atoms with Gasteiger partial charge in [-0.3, -0.25) is 14.5 Å². The number of halogens is 1. The van der Waals surface area contributed by atoms with Crippen LogP contribution in [0.15, 0.2) is 15.9 Å². The van der Waals surface area contributed by atoms with Crippen molar-refractivity contribution in [2.45, 2.75) is 25.4 Å². The van der Waals surface area contributed by atoms with Crippen molar-refractivity contribution in [1.29, 1.82) is 0 Å². The Hall–Kier alpha value is -0.960.